The number of carbonyl (C=O) groups is 1. The van der Waals surface area contributed by atoms with Crippen LogP contribution in [0.4, 0.5) is 0 Å². The smallest absolute Gasteiger partial charge is 0.310 e. The molecule has 108 valence electrons. The molecule has 3 atom stereocenters. The van der Waals surface area contributed by atoms with Crippen LogP contribution < -0.4 is 0 Å². The largest absolute Gasteiger partial charge is 0.481 e. The number of carboxylic acids is 1. The standard InChI is InChI=1S/C16H26O3/c1-14(2,3)9-12-15(13(17)18)5-10-4-11(6-15)8-16(12,19)7-10/h10-12,19H,4-9H2,1-3H3,(H,17,18). The molecule has 2 N–H and O–H groups in total. The second-order valence-corrected chi connectivity index (χ2v) is 8.67. The molecule has 3 heteroatoms. The highest BCUT2D eigenvalue weighted by molar-refractivity contribution is 5.76. The molecular weight excluding hydrogens is 240 g/mol. The van der Waals surface area contributed by atoms with Gasteiger partial charge in [0, 0.05) is 5.92 Å². The molecule has 0 radical (unpaired) electrons. The van der Waals surface area contributed by atoms with Crippen LogP contribution in [-0.4, -0.2) is 21.8 Å². The fourth-order valence-corrected chi connectivity index (χ4v) is 5.55. The lowest BCUT2D eigenvalue weighted by Gasteiger charge is -2.64. The van der Waals surface area contributed by atoms with Gasteiger partial charge in [0.25, 0.3) is 0 Å². The second-order valence-electron chi connectivity index (χ2n) is 8.67. The van der Waals surface area contributed by atoms with Crippen LogP contribution in [0.2, 0.25) is 0 Å². The van der Waals surface area contributed by atoms with Crippen molar-refractivity contribution in [3.63, 3.8) is 0 Å². The second kappa shape index (κ2) is 3.75. The Kier molecular flexibility index (Phi) is 2.65. The molecule has 4 aliphatic rings. The maximum atomic E-state index is 12.0. The predicted octanol–water partition coefficient (Wildman–Crippen LogP) is 3.06. The molecule has 0 spiro atoms. The summed E-state index contributed by atoms with van der Waals surface area (Å²) in [5.74, 6) is 0.147. The third kappa shape index (κ3) is 1.93. The summed E-state index contributed by atoms with van der Waals surface area (Å²) in [5.41, 5.74) is -1.29. The van der Waals surface area contributed by atoms with E-state index in [4.69, 9.17) is 0 Å². The van der Waals surface area contributed by atoms with Crippen molar-refractivity contribution in [1.29, 1.82) is 0 Å². The minimum absolute atomic E-state index is 0.0645. The quantitative estimate of drug-likeness (QED) is 0.807. The van der Waals surface area contributed by atoms with Crippen LogP contribution in [0.1, 0.15) is 59.3 Å². The van der Waals surface area contributed by atoms with Gasteiger partial charge in [-0.25, -0.2) is 0 Å². The molecule has 0 heterocycles. The van der Waals surface area contributed by atoms with E-state index in [1.807, 2.05) is 0 Å². The van der Waals surface area contributed by atoms with Crippen LogP contribution in [0.5, 0.6) is 0 Å². The highest BCUT2D eigenvalue weighted by Crippen LogP contribution is 2.66. The molecule has 4 bridgehead atoms. The minimum atomic E-state index is -0.713. The molecule has 0 saturated heterocycles. The highest BCUT2D eigenvalue weighted by Gasteiger charge is 2.66. The molecule has 0 amide bonds. The fourth-order valence-electron chi connectivity index (χ4n) is 5.55. The van der Waals surface area contributed by atoms with Crippen molar-refractivity contribution >= 4 is 5.97 Å². The average molecular weight is 266 g/mol. The minimum Gasteiger partial charge on any atom is -0.481 e. The Balaban J connectivity index is 2.01. The van der Waals surface area contributed by atoms with Gasteiger partial charge in [0.1, 0.15) is 0 Å². The van der Waals surface area contributed by atoms with E-state index in [0.29, 0.717) is 11.8 Å². The lowest BCUT2D eigenvalue weighted by Crippen LogP contribution is -2.65. The Morgan fingerprint density at radius 3 is 2.11 bits per heavy atom. The van der Waals surface area contributed by atoms with Crippen LogP contribution >= 0.6 is 0 Å². The summed E-state index contributed by atoms with van der Waals surface area (Å²) in [5, 5.41) is 20.9. The fraction of sp³-hybridized carbons (Fsp3) is 0.938. The van der Waals surface area contributed by atoms with Gasteiger partial charge in [-0.2, -0.15) is 0 Å². The maximum Gasteiger partial charge on any atom is 0.310 e. The number of hydrogen-bond acceptors (Lipinski definition) is 2. The molecule has 4 saturated carbocycles. The Labute approximate surface area is 115 Å². The lowest BCUT2D eigenvalue weighted by atomic mass is 9.42. The third-order valence-corrected chi connectivity index (χ3v) is 5.81. The van der Waals surface area contributed by atoms with Gasteiger partial charge in [-0.3, -0.25) is 4.79 Å². The Morgan fingerprint density at radius 2 is 1.68 bits per heavy atom. The van der Waals surface area contributed by atoms with E-state index < -0.39 is 17.0 Å². The predicted molar refractivity (Wildman–Crippen MR) is 72.6 cm³/mol. The topological polar surface area (TPSA) is 57.5 Å². The van der Waals surface area contributed by atoms with Crippen LogP contribution in [0, 0.1) is 28.6 Å². The van der Waals surface area contributed by atoms with Gasteiger partial charge in [-0.15, -0.1) is 0 Å². The van der Waals surface area contributed by atoms with Gasteiger partial charge in [-0.1, -0.05) is 20.8 Å². The van der Waals surface area contributed by atoms with E-state index in [2.05, 4.69) is 20.8 Å². The first-order valence-corrected chi connectivity index (χ1v) is 7.60. The Morgan fingerprint density at radius 1 is 1.16 bits per heavy atom. The Hall–Kier alpha value is -0.570. The van der Waals surface area contributed by atoms with E-state index in [1.54, 1.807) is 0 Å². The van der Waals surface area contributed by atoms with Crippen molar-refractivity contribution < 1.29 is 15.0 Å². The zero-order chi connectivity index (χ0) is 14.1. The summed E-state index contributed by atoms with van der Waals surface area (Å²) < 4.78 is 0. The molecule has 0 aromatic carbocycles. The Bertz CT molecular complexity index is 393. The van der Waals surface area contributed by atoms with E-state index >= 15 is 0 Å². The van der Waals surface area contributed by atoms with Crippen molar-refractivity contribution in [2.24, 2.45) is 28.6 Å². The summed E-state index contributed by atoms with van der Waals surface area (Å²) in [6.45, 7) is 6.45. The number of carboxylic acid groups (broad SMARTS) is 1. The van der Waals surface area contributed by atoms with Crippen LogP contribution in [0.25, 0.3) is 0 Å². The van der Waals surface area contributed by atoms with E-state index in [-0.39, 0.29) is 11.3 Å². The van der Waals surface area contributed by atoms with Crippen molar-refractivity contribution in [3.8, 4) is 0 Å². The summed E-state index contributed by atoms with van der Waals surface area (Å²) in [6.07, 6.45) is 5.21. The van der Waals surface area contributed by atoms with Gasteiger partial charge >= 0.3 is 5.97 Å². The normalized spacial score (nSPS) is 48.5. The van der Waals surface area contributed by atoms with Gasteiger partial charge in [-0.05, 0) is 55.8 Å². The lowest BCUT2D eigenvalue weighted by molar-refractivity contribution is -0.229. The van der Waals surface area contributed by atoms with Crippen LogP contribution in [-0.2, 0) is 4.79 Å². The zero-order valence-electron chi connectivity index (χ0n) is 12.3. The average Bonchev–Trinajstić information content (AvgIpc) is 2.20. The molecule has 19 heavy (non-hydrogen) atoms. The number of aliphatic carboxylic acids is 1. The first kappa shape index (κ1) is 13.4. The molecule has 3 nitrogen and oxygen atoms in total. The SMILES string of the molecule is CC(C)(C)CC1C2(O)CC3CC(C2)CC1(C(=O)O)C3. The first-order chi connectivity index (χ1) is 8.65. The van der Waals surface area contributed by atoms with Gasteiger partial charge in [0.15, 0.2) is 0 Å². The van der Waals surface area contributed by atoms with E-state index in [1.165, 1.54) is 0 Å². The molecule has 0 aromatic heterocycles. The van der Waals surface area contributed by atoms with Crippen molar-refractivity contribution in [2.75, 3.05) is 0 Å². The third-order valence-electron chi connectivity index (χ3n) is 5.81. The number of aliphatic hydroxyl groups is 1. The summed E-state index contributed by atoms with van der Waals surface area (Å²) in [7, 11) is 0. The van der Waals surface area contributed by atoms with Gasteiger partial charge in [0.05, 0.1) is 11.0 Å². The molecule has 0 aromatic rings. The summed E-state index contributed by atoms with van der Waals surface area (Å²) in [4.78, 5) is 12.0. The van der Waals surface area contributed by atoms with E-state index in [0.717, 1.165) is 38.5 Å². The molecule has 3 unspecified atom stereocenters. The molecule has 0 aliphatic heterocycles. The first-order valence-electron chi connectivity index (χ1n) is 7.60. The monoisotopic (exact) mass is 266 g/mol. The highest BCUT2D eigenvalue weighted by atomic mass is 16.4. The molecule has 4 aliphatic carbocycles. The molecular formula is C16H26O3. The van der Waals surface area contributed by atoms with Crippen molar-refractivity contribution in [2.45, 2.75) is 64.9 Å². The maximum absolute atomic E-state index is 12.0. The summed E-state index contributed by atoms with van der Waals surface area (Å²) in [6, 6.07) is 0. The van der Waals surface area contributed by atoms with Gasteiger partial charge < -0.3 is 10.2 Å². The van der Waals surface area contributed by atoms with Crippen LogP contribution in [0.15, 0.2) is 0 Å². The molecule has 4 fully saturated rings. The molecule has 4 rings (SSSR count). The van der Waals surface area contributed by atoms with Gasteiger partial charge in [0.2, 0.25) is 0 Å². The van der Waals surface area contributed by atoms with Crippen molar-refractivity contribution in [3.05, 3.63) is 0 Å². The summed E-state index contributed by atoms with van der Waals surface area (Å²) >= 11 is 0. The number of rotatable bonds is 2. The van der Waals surface area contributed by atoms with Crippen molar-refractivity contribution in [1.82, 2.24) is 0 Å². The number of hydrogen-bond donors (Lipinski definition) is 2. The van der Waals surface area contributed by atoms with Crippen LogP contribution in [0.3, 0.4) is 0 Å². The van der Waals surface area contributed by atoms with E-state index in [9.17, 15) is 15.0 Å². The zero-order valence-corrected chi connectivity index (χ0v) is 12.3.